The molecule has 0 aliphatic carbocycles. The highest BCUT2D eigenvalue weighted by molar-refractivity contribution is 8.00. The van der Waals surface area contributed by atoms with Crippen molar-refractivity contribution in [1.82, 2.24) is 10.2 Å². The fourth-order valence-corrected chi connectivity index (χ4v) is 3.05. The lowest BCUT2D eigenvalue weighted by Gasteiger charge is -2.10. The number of carbonyl (C=O) groups excluding carboxylic acids is 1. The second-order valence-corrected chi connectivity index (χ2v) is 7.29. The zero-order valence-electron chi connectivity index (χ0n) is 14.0. The molecule has 0 aliphatic heterocycles. The van der Waals surface area contributed by atoms with Crippen LogP contribution in [-0.4, -0.2) is 21.4 Å². The van der Waals surface area contributed by atoms with Gasteiger partial charge in [0.05, 0.1) is 10.9 Å². The summed E-state index contributed by atoms with van der Waals surface area (Å²) >= 11 is 6.80. The monoisotopic (exact) mass is 391 g/mol. The maximum atomic E-state index is 13.8. The zero-order chi connectivity index (χ0) is 18.7. The van der Waals surface area contributed by atoms with Gasteiger partial charge in [0.25, 0.3) is 5.22 Å². The van der Waals surface area contributed by atoms with Crippen molar-refractivity contribution >= 4 is 35.0 Å². The van der Waals surface area contributed by atoms with Gasteiger partial charge in [-0.1, -0.05) is 41.6 Å². The van der Waals surface area contributed by atoms with Gasteiger partial charge < -0.3 is 9.73 Å². The lowest BCUT2D eigenvalue weighted by Crippen LogP contribution is -2.23. The Morgan fingerprint density at radius 2 is 2.04 bits per heavy atom. The quantitative estimate of drug-likeness (QED) is 0.623. The average molecular weight is 392 g/mol. The zero-order valence-corrected chi connectivity index (χ0v) is 15.6. The van der Waals surface area contributed by atoms with Gasteiger partial charge >= 0.3 is 0 Å². The highest BCUT2D eigenvalue weighted by Gasteiger charge is 2.20. The number of aromatic nitrogens is 2. The maximum Gasteiger partial charge on any atom is 0.277 e. The smallest absolute Gasteiger partial charge is 0.277 e. The number of aryl methyl sites for hydroxylation is 1. The molecule has 0 saturated heterocycles. The predicted octanol–water partition coefficient (Wildman–Crippen LogP) is 4.96. The lowest BCUT2D eigenvalue weighted by atomic mass is 10.1. The molecule has 0 radical (unpaired) electrons. The van der Waals surface area contributed by atoms with Crippen molar-refractivity contribution in [2.75, 3.05) is 5.32 Å². The van der Waals surface area contributed by atoms with Crippen LogP contribution >= 0.6 is 23.4 Å². The van der Waals surface area contributed by atoms with Crippen LogP contribution in [0.25, 0.3) is 11.5 Å². The summed E-state index contributed by atoms with van der Waals surface area (Å²) in [6.07, 6.45) is 0. The van der Waals surface area contributed by atoms with Gasteiger partial charge in [-0.3, -0.25) is 4.79 Å². The predicted molar refractivity (Wildman–Crippen MR) is 99.8 cm³/mol. The van der Waals surface area contributed by atoms with Gasteiger partial charge in [0.15, 0.2) is 0 Å². The largest absolute Gasteiger partial charge is 0.411 e. The highest BCUT2D eigenvalue weighted by Crippen LogP contribution is 2.28. The summed E-state index contributed by atoms with van der Waals surface area (Å²) < 4.78 is 19.4. The molecule has 1 aromatic heterocycles. The molecule has 0 bridgehead atoms. The summed E-state index contributed by atoms with van der Waals surface area (Å²) in [4.78, 5) is 12.3. The number of benzene rings is 2. The van der Waals surface area contributed by atoms with Crippen LogP contribution in [0, 0.1) is 12.7 Å². The molecule has 0 saturated carbocycles. The van der Waals surface area contributed by atoms with E-state index >= 15 is 0 Å². The topological polar surface area (TPSA) is 68.0 Å². The van der Waals surface area contributed by atoms with Crippen LogP contribution in [0.3, 0.4) is 0 Å². The van der Waals surface area contributed by atoms with Gasteiger partial charge in [-0.25, -0.2) is 4.39 Å². The molecule has 5 nitrogen and oxygen atoms in total. The molecule has 134 valence electrons. The van der Waals surface area contributed by atoms with Crippen LogP contribution in [0.2, 0.25) is 5.02 Å². The summed E-state index contributed by atoms with van der Waals surface area (Å²) in [6, 6.07) is 11.7. The Balaban J connectivity index is 1.67. The van der Waals surface area contributed by atoms with E-state index in [9.17, 15) is 9.18 Å². The van der Waals surface area contributed by atoms with Crippen molar-refractivity contribution in [3.05, 3.63) is 58.9 Å². The number of rotatable bonds is 5. The molecular formula is C18H15ClFN3O2S. The number of hydrogen-bond acceptors (Lipinski definition) is 5. The number of amides is 1. The summed E-state index contributed by atoms with van der Waals surface area (Å²) in [7, 11) is 0. The van der Waals surface area contributed by atoms with Crippen LogP contribution in [-0.2, 0) is 4.79 Å². The average Bonchev–Trinajstić information content (AvgIpc) is 3.06. The Labute approximate surface area is 159 Å². The summed E-state index contributed by atoms with van der Waals surface area (Å²) in [6.45, 7) is 3.62. The van der Waals surface area contributed by atoms with Crippen molar-refractivity contribution in [3.8, 4) is 11.5 Å². The fraction of sp³-hybridized carbons (Fsp3) is 0.167. The second-order valence-electron chi connectivity index (χ2n) is 5.56. The fourth-order valence-electron chi connectivity index (χ4n) is 2.21. The normalized spacial score (nSPS) is 12.0. The first kappa shape index (κ1) is 18.4. The van der Waals surface area contributed by atoms with E-state index < -0.39 is 11.1 Å². The second kappa shape index (κ2) is 7.88. The molecule has 8 heteroatoms. The molecular weight excluding hydrogens is 377 g/mol. The number of thioether (sulfide) groups is 1. The Kier molecular flexibility index (Phi) is 5.58. The molecule has 0 aliphatic rings. The summed E-state index contributed by atoms with van der Waals surface area (Å²) in [5.41, 5.74) is 1.92. The minimum Gasteiger partial charge on any atom is -0.411 e. The standard InChI is InChI=1S/C18H15ClFN3O2S/c1-10-5-3-4-6-13(10)17-22-23-18(25-17)26-11(2)16(24)21-15-8-7-12(19)9-14(15)20/h3-9,11H,1-2H3,(H,21,24)/t11-/m0/s1. The molecule has 3 rings (SSSR count). The van der Waals surface area contributed by atoms with Crippen molar-refractivity contribution < 1.29 is 13.6 Å². The van der Waals surface area contributed by atoms with Crippen LogP contribution in [0.1, 0.15) is 12.5 Å². The molecule has 1 amide bonds. The molecule has 1 N–H and O–H groups in total. The highest BCUT2D eigenvalue weighted by atomic mass is 35.5. The van der Waals surface area contributed by atoms with Gasteiger partial charge in [-0.2, -0.15) is 0 Å². The minimum atomic E-state index is -0.595. The molecule has 0 fully saturated rings. The first-order valence-corrected chi connectivity index (χ1v) is 9.02. The molecule has 1 heterocycles. The Bertz CT molecular complexity index is 948. The third-order valence-electron chi connectivity index (χ3n) is 3.62. The third kappa shape index (κ3) is 4.23. The number of nitrogens with zero attached hydrogens (tertiary/aromatic N) is 2. The van der Waals surface area contributed by atoms with E-state index in [1.54, 1.807) is 6.92 Å². The molecule has 3 aromatic rings. The SMILES string of the molecule is Cc1ccccc1-c1nnc(S[C@@H](C)C(=O)Nc2ccc(Cl)cc2F)o1. The first-order valence-electron chi connectivity index (χ1n) is 7.76. The van der Waals surface area contributed by atoms with Gasteiger partial charge in [0.2, 0.25) is 11.8 Å². The van der Waals surface area contributed by atoms with Crippen LogP contribution < -0.4 is 5.32 Å². The Morgan fingerprint density at radius 3 is 2.77 bits per heavy atom. The molecule has 26 heavy (non-hydrogen) atoms. The first-order chi connectivity index (χ1) is 12.4. The molecule has 2 aromatic carbocycles. The van der Waals surface area contributed by atoms with E-state index in [0.29, 0.717) is 5.89 Å². The van der Waals surface area contributed by atoms with E-state index in [2.05, 4.69) is 15.5 Å². The Morgan fingerprint density at radius 1 is 1.27 bits per heavy atom. The third-order valence-corrected chi connectivity index (χ3v) is 4.79. The van der Waals surface area contributed by atoms with Crippen LogP contribution in [0.4, 0.5) is 10.1 Å². The minimum absolute atomic E-state index is 0.0676. The molecule has 0 spiro atoms. The van der Waals surface area contributed by atoms with Crippen LogP contribution in [0.5, 0.6) is 0 Å². The number of hydrogen-bond donors (Lipinski definition) is 1. The van der Waals surface area contributed by atoms with E-state index in [1.807, 2.05) is 31.2 Å². The Hall–Kier alpha value is -2.38. The maximum absolute atomic E-state index is 13.8. The van der Waals surface area contributed by atoms with E-state index in [1.165, 1.54) is 12.1 Å². The van der Waals surface area contributed by atoms with E-state index in [4.69, 9.17) is 16.0 Å². The van der Waals surface area contributed by atoms with Crippen molar-refractivity contribution in [3.63, 3.8) is 0 Å². The van der Waals surface area contributed by atoms with E-state index in [0.717, 1.165) is 29.0 Å². The van der Waals surface area contributed by atoms with Crippen molar-refractivity contribution in [2.45, 2.75) is 24.3 Å². The summed E-state index contributed by atoms with van der Waals surface area (Å²) in [5.74, 6) is -0.587. The van der Waals surface area contributed by atoms with Gasteiger partial charge in [0.1, 0.15) is 5.82 Å². The van der Waals surface area contributed by atoms with Crippen molar-refractivity contribution in [2.24, 2.45) is 0 Å². The van der Waals surface area contributed by atoms with Gasteiger partial charge in [0, 0.05) is 10.6 Å². The van der Waals surface area contributed by atoms with Crippen molar-refractivity contribution in [1.29, 1.82) is 0 Å². The number of anilines is 1. The molecule has 0 unspecified atom stereocenters. The summed E-state index contributed by atoms with van der Waals surface area (Å²) in [5, 5.41) is 10.5. The number of carbonyl (C=O) groups is 1. The van der Waals surface area contributed by atoms with E-state index in [-0.39, 0.29) is 21.8 Å². The molecule has 1 atom stereocenters. The number of halogens is 2. The lowest BCUT2D eigenvalue weighted by molar-refractivity contribution is -0.115. The van der Waals surface area contributed by atoms with Gasteiger partial charge in [-0.05, 0) is 43.7 Å². The number of nitrogens with one attached hydrogen (secondary N) is 1. The van der Waals surface area contributed by atoms with Crippen LogP contribution in [0.15, 0.2) is 52.1 Å². The van der Waals surface area contributed by atoms with Gasteiger partial charge in [-0.15, -0.1) is 10.2 Å².